The molecule has 0 spiro atoms. The Hall–Kier alpha value is -2.18. The Morgan fingerprint density at radius 3 is 2.13 bits per heavy atom. The third-order valence-electron chi connectivity index (χ3n) is 4.69. The minimum Gasteiger partial charge on any atom is -0.497 e. The standard InChI is InChI=1S/C23H32NO6P/c1-5-29-31(26,30-6-2)23(21-12-14-22(27-4)15-13-21)16-17-24(19(3)25)28-18-20-10-8-7-9-11-20/h7-15,23H,5-6,16-18H2,1-4H3. The van der Waals surface area contributed by atoms with Crippen LogP contribution in [0.5, 0.6) is 5.75 Å². The maximum atomic E-state index is 13.6. The summed E-state index contributed by atoms with van der Waals surface area (Å²) in [7, 11) is -1.88. The lowest BCUT2D eigenvalue weighted by Crippen LogP contribution is -2.31. The highest BCUT2D eigenvalue weighted by Gasteiger charge is 2.37. The Kier molecular flexibility index (Phi) is 10.2. The van der Waals surface area contributed by atoms with E-state index in [1.165, 1.54) is 12.0 Å². The van der Waals surface area contributed by atoms with Crippen molar-refractivity contribution in [1.29, 1.82) is 0 Å². The molecule has 170 valence electrons. The summed E-state index contributed by atoms with van der Waals surface area (Å²) in [5.41, 5.74) is 1.19. The first-order valence-electron chi connectivity index (χ1n) is 10.4. The van der Waals surface area contributed by atoms with Gasteiger partial charge in [0, 0.05) is 13.5 Å². The minimum atomic E-state index is -3.47. The van der Waals surface area contributed by atoms with E-state index in [1.54, 1.807) is 33.1 Å². The zero-order valence-corrected chi connectivity index (χ0v) is 19.5. The lowest BCUT2D eigenvalue weighted by Gasteiger charge is -2.29. The topological polar surface area (TPSA) is 74.3 Å². The van der Waals surface area contributed by atoms with Gasteiger partial charge in [-0.2, -0.15) is 0 Å². The number of rotatable bonds is 13. The second-order valence-electron chi connectivity index (χ2n) is 6.83. The summed E-state index contributed by atoms with van der Waals surface area (Å²) in [6.07, 6.45) is 0.345. The SMILES string of the molecule is CCOP(=O)(OCC)C(CCN(OCc1ccccc1)C(C)=O)c1ccc(OC)cc1. The first-order chi connectivity index (χ1) is 14.9. The fraction of sp³-hybridized carbons (Fsp3) is 0.435. The average molecular weight is 449 g/mol. The van der Waals surface area contributed by atoms with Crippen molar-refractivity contribution in [3.05, 3.63) is 65.7 Å². The number of benzene rings is 2. The van der Waals surface area contributed by atoms with Gasteiger partial charge in [0.15, 0.2) is 0 Å². The van der Waals surface area contributed by atoms with Gasteiger partial charge in [-0.15, -0.1) is 0 Å². The summed E-state index contributed by atoms with van der Waals surface area (Å²) in [5.74, 6) is 0.466. The summed E-state index contributed by atoms with van der Waals surface area (Å²) >= 11 is 0. The molecule has 0 aromatic heterocycles. The summed E-state index contributed by atoms with van der Waals surface area (Å²) in [6.45, 7) is 6.02. The van der Waals surface area contributed by atoms with Crippen LogP contribution >= 0.6 is 7.60 Å². The van der Waals surface area contributed by atoms with Gasteiger partial charge in [0.05, 0.1) is 26.0 Å². The number of methoxy groups -OCH3 is 1. The Labute approximate surface area is 184 Å². The second-order valence-corrected chi connectivity index (χ2v) is 9.05. The van der Waals surface area contributed by atoms with Gasteiger partial charge in [0.1, 0.15) is 12.4 Å². The monoisotopic (exact) mass is 449 g/mol. The van der Waals surface area contributed by atoms with Crippen LogP contribution < -0.4 is 4.74 Å². The molecule has 0 aliphatic rings. The predicted octanol–water partition coefficient (Wildman–Crippen LogP) is 5.37. The fourth-order valence-electron chi connectivity index (χ4n) is 3.19. The summed E-state index contributed by atoms with van der Waals surface area (Å²) in [4.78, 5) is 17.9. The van der Waals surface area contributed by atoms with E-state index in [4.69, 9.17) is 18.6 Å². The van der Waals surface area contributed by atoms with Crippen molar-refractivity contribution in [1.82, 2.24) is 5.06 Å². The third-order valence-corrected chi connectivity index (χ3v) is 7.24. The molecule has 1 atom stereocenters. The first kappa shape index (κ1) is 25.1. The van der Waals surface area contributed by atoms with Crippen molar-refractivity contribution in [3.8, 4) is 5.75 Å². The van der Waals surface area contributed by atoms with Crippen molar-refractivity contribution in [2.45, 2.75) is 39.5 Å². The third kappa shape index (κ3) is 7.47. The van der Waals surface area contributed by atoms with Crippen LogP contribution in [0.1, 0.15) is 44.0 Å². The van der Waals surface area contributed by atoms with E-state index in [0.29, 0.717) is 12.2 Å². The lowest BCUT2D eigenvalue weighted by atomic mass is 10.1. The number of carbonyl (C=O) groups excluding carboxylic acids is 1. The largest absolute Gasteiger partial charge is 0.497 e. The van der Waals surface area contributed by atoms with Crippen LogP contribution in [0.4, 0.5) is 0 Å². The van der Waals surface area contributed by atoms with E-state index in [-0.39, 0.29) is 32.3 Å². The van der Waals surface area contributed by atoms with Crippen molar-refractivity contribution in [2.24, 2.45) is 0 Å². The lowest BCUT2D eigenvalue weighted by molar-refractivity contribution is -0.189. The molecule has 0 aliphatic heterocycles. The maximum absolute atomic E-state index is 13.6. The van der Waals surface area contributed by atoms with Gasteiger partial charge < -0.3 is 13.8 Å². The van der Waals surface area contributed by atoms with E-state index in [1.807, 2.05) is 42.5 Å². The van der Waals surface area contributed by atoms with Crippen LogP contribution in [-0.2, 0) is 29.9 Å². The van der Waals surface area contributed by atoms with Crippen LogP contribution in [0.25, 0.3) is 0 Å². The normalized spacial score (nSPS) is 12.4. The fourth-order valence-corrected chi connectivity index (χ4v) is 5.31. The Morgan fingerprint density at radius 2 is 1.61 bits per heavy atom. The van der Waals surface area contributed by atoms with Crippen LogP contribution in [0.3, 0.4) is 0 Å². The van der Waals surface area contributed by atoms with Gasteiger partial charge in [-0.1, -0.05) is 42.5 Å². The van der Waals surface area contributed by atoms with E-state index in [0.717, 1.165) is 11.1 Å². The average Bonchev–Trinajstić information content (AvgIpc) is 2.77. The number of nitrogens with zero attached hydrogens (tertiary/aromatic N) is 1. The first-order valence-corrected chi connectivity index (χ1v) is 12.0. The highest BCUT2D eigenvalue weighted by atomic mass is 31.2. The zero-order chi connectivity index (χ0) is 22.7. The van der Waals surface area contributed by atoms with Crippen molar-refractivity contribution in [2.75, 3.05) is 26.9 Å². The van der Waals surface area contributed by atoms with Crippen molar-refractivity contribution >= 4 is 13.5 Å². The van der Waals surface area contributed by atoms with Gasteiger partial charge in [-0.25, -0.2) is 5.06 Å². The molecule has 1 unspecified atom stereocenters. The van der Waals surface area contributed by atoms with Gasteiger partial charge in [-0.05, 0) is 43.5 Å². The molecule has 0 heterocycles. The molecule has 2 aromatic rings. The van der Waals surface area contributed by atoms with Gasteiger partial charge in [-0.3, -0.25) is 14.2 Å². The number of amides is 1. The molecule has 2 rings (SSSR count). The zero-order valence-electron chi connectivity index (χ0n) is 18.7. The van der Waals surface area contributed by atoms with Crippen molar-refractivity contribution < 1.29 is 28.0 Å². The van der Waals surface area contributed by atoms with E-state index in [9.17, 15) is 9.36 Å². The summed E-state index contributed by atoms with van der Waals surface area (Å²) in [5, 5.41) is 1.30. The smallest absolute Gasteiger partial charge is 0.338 e. The highest BCUT2D eigenvalue weighted by molar-refractivity contribution is 7.54. The molecule has 0 saturated heterocycles. The Morgan fingerprint density at radius 1 is 1.00 bits per heavy atom. The molecule has 0 bridgehead atoms. The Balaban J connectivity index is 2.21. The van der Waals surface area contributed by atoms with Crippen LogP contribution in [0, 0.1) is 0 Å². The van der Waals surface area contributed by atoms with E-state index < -0.39 is 13.3 Å². The highest BCUT2D eigenvalue weighted by Crippen LogP contribution is 2.62. The molecule has 0 radical (unpaired) electrons. The summed E-state index contributed by atoms with van der Waals surface area (Å²) < 4.78 is 30.1. The predicted molar refractivity (Wildman–Crippen MR) is 120 cm³/mol. The molecule has 0 N–H and O–H groups in total. The van der Waals surface area contributed by atoms with Crippen LogP contribution in [-0.4, -0.2) is 37.8 Å². The molecular formula is C23H32NO6P. The number of hydroxylamine groups is 2. The number of hydrogen-bond donors (Lipinski definition) is 0. The van der Waals surface area contributed by atoms with Crippen LogP contribution in [0.15, 0.2) is 54.6 Å². The molecule has 2 aromatic carbocycles. The molecule has 31 heavy (non-hydrogen) atoms. The van der Waals surface area contributed by atoms with Crippen LogP contribution in [0.2, 0.25) is 0 Å². The summed E-state index contributed by atoms with van der Waals surface area (Å²) in [6, 6.07) is 16.9. The van der Waals surface area contributed by atoms with E-state index in [2.05, 4.69) is 0 Å². The molecule has 8 heteroatoms. The molecule has 7 nitrogen and oxygen atoms in total. The molecule has 0 aliphatic carbocycles. The molecule has 0 fully saturated rings. The molecular weight excluding hydrogens is 417 g/mol. The Bertz CT molecular complexity index is 833. The maximum Gasteiger partial charge on any atom is 0.338 e. The molecule has 1 amide bonds. The van der Waals surface area contributed by atoms with Gasteiger partial charge >= 0.3 is 7.60 Å². The van der Waals surface area contributed by atoms with Gasteiger partial charge in [0.25, 0.3) is 0 Å². The number of hydrogen-bond acceptors (Lipinski definition) is 6. The molecule has 0 saturated carbocycles. The second kappa shape index (κ2) is 12.6. The number of ether oxygens (including phenoxy) is 1. The van der Waals surface area contributed by atoms with Crippen molar-refractivity contribution in [3.63, 3.8) is 0 Å². The number of carbonyl (C=O) groups is 1. The quantitative estimate of drug-likeness (QED) is 0.302. The minimum absolute atomic E-state index is 0.230. The van der Waals surface area contributed by atoms with Gasteiger partial charge in [0.2, 0.25) is 5.91 Å². The van der Waals surface area contributed by atoms with E-state index >= 15 is 0 Å².